The highest BCUT2D eigenvalue weighted by Gasteiger charge is 2.46. The van der Waals surface area contributed by atoms with Crippen LogP contribution in [0.4, 0.5) is 0 Å². The highest BCUT2D eigenvalue weighted by molar-refractivity contribution is 6.75. The lowest BCUT2D eigenvalue weighted by atomic mass is 9.64. The molecule has 0 unspecified atom stereocenters. The normalized spacial score (nSPS) is 39.3. The smallest absolute Gasteiger partial charge is 0.409 e. The molecule has 3 heterocycles. The Morgan fingerprint density at radius 2 is 1.53 bits per heavy atom. The molecule has 3 aliphatic rings. The van der Waals surface area contributed by atoms with Gasteiger partial charge in [-0.2, -0.15) is 0 Å². The lowest BCUT2D eigenvalue weighted by molar-refractivity contribution is -0.119. The maximum Gasteiger partial charge on any atom is 0.409 e. The summed E-state index contributed by atoms with van der Waals surface area (Å²) in [6.07, 6.45) is 0. The summed E-state index contributed by atoms with van der Waals surface area (Å²) in [6.45, 7) is 2.64. The van der Waals surface area contributed by atoms with Crippen molar-refractivity contribution < 1.29 is 14.0 Å². The van der Waals surface area contributed by atoms with Crippen LogP contribution in [0.25, 0.3) is 0 Å². The van der Waals surface area contributed by atoms with Crippen molar-refractivity contribution in [3.8, 4) is 0 Å². The summed E-state index contributed by atoms with van der Waals surface area (Å²) in [7, 11) is 0. The Morgan fingerprint density at radius 1 is 1.00 bits per heavy atom. The van der Waals surface area contributed by atoms with Crippen molar-refractivity contribution in [2.75, 3.05) is 19.8 Å². The summed E-state index contributed by atoms with van der Waals surface area (Å²) in [5.41, 5.74) is 1.04. The summed E-state index contributed by atoms with van der Waals surface area (Å²) in [5.74, 6) is 0. The average Bonchev–Trinajstić information content (AvgIpc) is 2.32. The van der Waals surface area contributed by atoms with Crippen LogP contribution in [0.2, 0.25) is 0 Å². The van der Waals surface area contributed by atoms with Crippen LogP contribution in [-0.4, -0.2) is 26.6 Å². The first kappa shape index (κ1) is 9.40. The van der Waals surface area contributed by atoms with Crippen molar-refractivity contribution >= 4 is 12.2 Å². The Kier molecular flexibility index (Phi) is 1.93. The van der Waals surface area contributed by atoms with E-state index in [1.165, 1.54) is 0 Å². The lowest BCUT2D eigenvalue weighted by Gasteiger charge is -2.58. The molecule has 1 aromatic carbocycles. The molecule has 0 aliphatic carbocycles. The predicted molar refractivity (Wildman–Crippen MR) is 57.8 cm³/mol. The van der Waals surface area contributed by atoms with Crippen LogP contribution in [0.3, 0.4) is 0 Å². The number of hydrogen-bond donors (Lipinski definition) is 0. The van der Waals surface area contributed by atoms with E-state index in [1.54, 1.807) is 0 Å². The van der Waals surface area contributed by atoms with Crippen molar-refractivity contribution in [3.05, 3.63) is 30.3 Å². The van der Waals surface area contributed by atoms with Gasteiger partial charge in [0.1, 0.15) is 0 Å². The summed E-state index contributed by atoms with van der Waals surface area (Å²) < 4.78 is 17.3. The van der Waals surface area contributed by atoms with E-state index in [9.17, 15) is 0 Å². The Labute approximate surface area is 89.3 Å². The van der Waals surface area contributed by atoms with Crippen LogP contribution in [0.5, 0.6) is 0 Å². The minimum Gasteiger partial charge on any atom is -0.540 e. The summed E-state index contributed by atoms with van der Waals surface area (Å²) in [4.78, 5) is 0. The molecule has 2 bridgehead atoms. The molecule has 0 aromatic heterocycles. The highest BCUT2D eigenvalue weighted by Crippen LogP contribution is 2.34. The first-order valence-corrected chi connectivity index (χ1v) is 5.33. The van der Waals surface area contributed by atoms with Crippen molar-refractivity contribution in [2.24, 2.45) is 5.41 Å². The molecule has 0 radical (unpaired) electrons. The van der Waals surface area contributed by atoms with Gasteiger partial charge in [-0.3, -0.25) is 0 Å². The molecule has 3 aliphatic heterocycles. The summed E-state index contributed by atoms with van der Waals surface area (Å²) >= 11 is 0. The number of rotatable bonds is 1. The SMILES string of the molecule is CC12CO[B-](c3ccccc3)(OC1)OC2. The first-order chi connectivity index (χ1) is 7.23. The average molecular weight is 205 g/mol. The highest BCUT2D eigenvalue weighted by atomic mass is 16.8. The van der Waals surface area contributed by atoms with Gasteiger partial charge >= 0.3 is 6.75 Å². The standard InChI is InChI=1S/C11H14BO3/c1-11-7-13-12(14-8-11,15-9-11)10-5-3-2-4-6-10/h2-6H,7-9H2,1H3/q-1. The fourth-order valence-corrected chi connectivity index (χ4v) is 2.18. The molecule has 1 aromatic rings. The fraction of sp³-hybridized carbons (Fsp3) is 0.455. The van der Waals surface area contributed by atoms with E-state index in [2.05, 4.69) is 6.92 Å². The summed E-state index contributed by atoms with van der Waals surface area (Å²) in [6, 6.07) is 9.92. The zero-order chi connectivity index (χ0) is 10.4. The monoisotopic (exact) mass is 205 g/mol. The number of benzene rings is 1. The third kappa shape index (κ3) is 1.41. The molecule has 0 saturated carbocycles. The van der Waals surface area contributed by atoms with Crippen LogP contribution >= 0.6 is 0 Å². The molecule has 15 heavy (non-hydrogen) atoms. The van der Waals surface area contributed by atoms with Crippen molar-refractivity contribution in [1.82, 2.24) is 0 Å². The molecular formula is C11H14BO3-. The van der Waals surface area contributed by atoms with Gasteiger partial charge in [-0.1, -0.05) is 37.3 Å². The van der Waals surface area contributed by atoms with Gasteiger partial charge in [-0.25, -0.2) is 0 Å². The van der Waals surface area contributed by atoms with E-state index in [-0.39, 0.29) is 5.41 Å². The molecule has 80 valence electrons. The second-order valence-electron chi connectivity index (χ2n) is 4.80. The third-order valence-corrected chi connectivity index (χ3v) is 3.16. The van der Waals surface area contributed by atoms with Gasteiger partial charge in [0.2, 0.25) is 0 Å². The van der Waals surface area contributed by atoms with Gasteiger partial charge in [0.25, 0.3) is 0 Å². The molecule has 0 N–H and O–H groups in total. The number of fused-ring (bicyclic) bond motifs is 3. The van der Waals surface area contributed by atoms with Crippen molar-refractivity contribution in [2.45, 2.75) is 6.92 Å². The van der Waals surface area contributed by atoms with Crippen LogP contribution in [0, 0.1) is 5.41 Å². The van der Waals surface area contributed by atoms with Crippen LogP contribution in [0.15, 0.2) is 30.3 Å². The zero-order valence-corrected chi connectivity index (χ0v) is 8.81. The van der Waals surface area contributed by atoms with E-state index in [0.717, 1.165) is 25.3 Å². The summed E-state index contributed by atoms with van der Waals surface area (Å²) in [5, 5.41) is 0. The lowest BCUT2D eigenvalue weighted by Crippen LogP contribution is -2.68. The maximum atomic E-state index is 5.77. The van der Waals surface area contributed by atoms with E-state index >= 15 is 0 Å². The van der Waals surface area contributed by atoms with Gasteiger partial charge in [0, 0.05) is 25.2 Å². The molecule has 3 nitrogen and oxygen atoms in total. The third-order valence-electron chi connectivity index (χ3n) is 3.16. The minimum absolute atomic E-state index is 0.0400. The van der Waals surface area contributed by atoms with Gasteiger partial charge in [0.05, 0.1) is 0 Å². The second kappa shape index (κ2) is 3.08. The van der Waals surface area contributed by atoms with Gasteiger partial charge in [0.15, 0.2) is 0 Å². The Bertz CT molecular complexity index is 341. The zero-order valence-electron chi connectivity index (χ0n) is 8.81. The van der Waals surface area contributed by atoms with Gasteiger partial charge in [-0.05, 0) is 0 Å². The molecule has 0 spiro atoms. The van der Waals surface area contributed by atoms with E-state index in [0.29, 0.717) is 0 Å². The molecule has 3 saturated heterocycles. The van der Waals surface area contributed by atoms with E-state index in [1.807, 2.05) is 30.3 Å². The molecule has 3 fully saturated rings. The van der Waals surface area contributed by atoms with Crippen molar-refractivity contribution in [3.63, 3.8) is 0 Å². The first-order valence-electron chi connectivity index (χ1n) is 5.33. The van der Waals surface area contributed by atoms with E-state index in [4.69, 9.17) is 14.0 Å². The van der Waals surface area contributed by atoms with Crippen molar-refractivity contribution in [1.29, 1.82) is 0 Å². The van der Waals surface area contributed by atoms with Crippen LogP contribution < -0.4 is 5.46 Å². The molecule has 0 atom stereocenters. The minimum atomic E-state index is -1.65. The van der Waals surface area contributed by atoms with Crippen LogP contribution in [0.1, 0.15) is 6.92 Å². The Morgan fingerprint density at radius 3 is 2.07 bits per heavy atom. The predicted octanol–water partition coefficient (Wildman–Crippen LogP) is 0.916. The van der Waals surface area contributed by atoms with Gasteiger partial charge < -0.3 is 14.0 Å². The van der Waals surface area contributed by atoms with Crippen LogP contribution in [-0.2, 0) is 14.0 Å². The topological polar surface area (TPSA) is 27.7 Å². The number of hydrogen-bond acceptors (Lipinski definition) is 3. The van der Waals surface area contributed by atoms with E-state index < -0.39 is 6.75 Å². The molecule has 4 heteroatoms. The molecule has 4 rings (SSSR count). The Hall–Kier alpha value is -0.835. The Balaban J connectivity index is 1.94. The quantitative estimate of drug-likeness (QED) is 0.638. The molecule has 0 amide bonds. The maximum absolute atomic E-state index is 5.77. The largest absolute Gasteiger partial charge is 0.540 e. The second-order valence-corrected chi connectivity index (χ2v) is 4.80. The fourth-order valence-electron chi connectivity index (χ4n) is 2.18. The molecular weight excluding hydrogens is 191 g/mol. The van der Waals surface area contributed by atoms with Gasteiger partial charge in [-0.15, -0.1) is 5.46 Å².